The van der Waals surface area contributed by atoms with Gasteiger partial charge in [-0.15, -0.1) is 0 Å². The van der Waals surface area contributed by atoms with Crippen LogP contribution in [0.1, 0.15) is 30.9 Å². The number of aryl methyl sites for hydroxylation is 1. The van der Waals surface area contributed by atoms with Crippen LogP contribution in [0.4, 0.5) is 0 Å². The van der Waals surface area contributed by atoms with Gasteiger partial charge in [-0.05, 0) is 35.6 Å². The van der Waals surface area contributed by atoms with Gasteiger partial charge in [0.15, 0.2) is 0 Å². The van der Waals surface area contributed by atoms with Crippen molar-refractivity contribution in [1.82, 2.24) is 4.98 Å². The predicted molar refractivity (Wildman–Crippen MR) is 68.5 cm³/mol. The van der Waals surface area contributed by atoms with Crippen molar-refractivity contribution in [3.8, 4) is 11.1 Å². The van der Waals surface area contributed by atoms with E-state index in [1.165, 1.54) is 22.3 Å². The molecule has 0 aliphatic heterocycles. The van der Waals surface area contributed by atoms with Crippen molar-refractivity contribution in [2.75, 3.05) is 0 Å². The lowest BCUT2D eigenvalue weighted by atomic mass is 9.95. The van der Waals surface area contributed by atoms with Gasteiger partial charge in [-0.25, -0.2) is 0 Å². The summed E-state index contributed by atoms with van der Waals surface area (Å²) in [5.41, 5.74) is 5.18. The first-order valence-corrected chi connectivity index (χ1v) is 5.69. The molecule has 0 aliphatic carbocycles. The van der Waals surface area contributed by atoms with E-state index in [0.717, 1.165) is 0 Å². The van der Waals surface area contributed by atoms with Crippen LogP contribution in [0.25, 0.3) is 11.1 Å². The van der Waals surface area contributed by atoms with Gasteiger partial charge in [0.1, 0.15) is 0 Å². The summed E-state index contributed by atoms with van der Waals surface area (Å²) in [5, 5.41) is 0. The molecule has 2 aromatic rings. The summed E-state index contributed by atoms with van der Waals surface area (Å²) in [4.78, 5) is 4.16. The highest BCUT2D eigenvalue weighted by atomic mass is 14.6. The van der Waals surface area contributed by atoms with Crippen molar-refractivity contribution in [3.63, 3.8) is 0 Å². The standard InChI is InChI=1S/C15H17N/c1-11(2)13-6-7-15(12(3)9-13)14-5-4-8-16-10-14/h4-11H,1-3H3. The molecule has 0 spiro atoms. The Morgan fingerprint density at radius 2 is 1.94 bits per heavy atom. The van der Waals surface area contributed by atoms with E-state index in [1.54, 1.807) is 6.20 Å². The van der Waals surface area contributed by atoms with Gasteiger partial charge in [-0.1, -0.05) is 38.1 Å². The number of pyridine rings is 1. The maximum atomic E-state index is 4.16. The Morgan fingerprint density at radius 1 is 1.12 bits per heavy atom. The summed E-state index contributed by atoms with van der Waals surface area (Å²) in [6.07, 6.45) is 3.72. The molecule has 0 saturated heterocycles. The number of aromatic nitrogens is 1. The molecule has 0 amide bonds. The molecule has 1 heterocycles. The second-order valence-corrected chi connectivity index (χ2v) is 4.47. The third-order valence-corrected chi connectivity index (χ3v) is 2.89. The first kappa shape index (κ1) is 10.9. The fraction of sp³-hybridized carbons (Fsp3) is 0.267. The maximum absolute atomic E-state index is 4.16. The fourth-order valence-corrected chi connectivity index (χ4v) is 1.89. The second-order valence-electron chi connectivity index (χ2n) is 4.47. The largest absolute Gasteiger partial charge is 0.264 e. The van der Waals surface area contributed by atoms with Crippen LogP contribution in [-0.4, -0.2) is 4.98 Å². The van der Waals surface area contributed by atoms with E-state index in [-0.39, 0.29) is 0 Å². The van der Waals surface area contributed by atoms with Crippen LogP contribution in [0.15, 0.2) is 42.7 Å². The van der Waals surface area contributed by atoms with Crippen LogP contribution in [0, 0.1) is 6.92 Å². The SMILES string of the molecule is Cc1cc(C(C)C)ccc1-c1cccnc1. The van der Waals surface area contributed by atoms with Gasteiger partial charge in [0.2, 0.25) is 0 Å². The molecule has 2 rings (SSSR count). The molecule has 1 nitrogen and oxygen atoms in total. The zero-order chi connectivity index (χ0) is 11.5. The molecule has 0 radical (unpaired) electrons. The lowest BCUT2D eigenvalue weighted by molar-refractivity contribution is 0.865. The summed E-state index contributed by atoms with van der Waals surface area (Å²) in [5.74, 6) is 0.585. The Bertz CT molecular complexity index is 472. The summed E-state index contributed by atoms with van der Waals surface area (Å²) >= 11 is 0. The zero-order valence-corrected chi connectivity index (χ0v) is 10.1. The van der Waals surface area contributed by atoms with Crippen molar-refractivity contribution in [2.45, 2.75) is 26.7 Å². The van der Waals surface area contributed by atoms with E-state index < -0.39 is 0 Å². The Morgan fingerprint density at radius 3 is 2.50 bits per heavy atom. The van der Waals surface area contributed by atoms with E-state index in [2.05, 4.69) is 50.0 Å². The highest BCUT2D eigenvalue weighted by molar-refractivity contribution is 5.66. The number of hydrogen-bond donors (Lipinski definition) is 0. The quantitative estimate of drug-likeness (QED) is 0.726. The number of benzene rings is 1. The zero-order valence-electron chi connectivity index (χ0n) is 10.1. The van der Waals surface area contributed by atoms with Crippen LogP contribution in [0.5, 0.6) is 0 Å². The lowest BCUT2D eigenvalue weighted by Gasteiger charge is -2.10. The lowest BCUT2D eigenvalue weighted by Crippen LogP contribution is -1.90. The van der Waals surface area contributed by atoms with E-state index in [1.807, 2.05) is 12.3 Å². The van der Waals surface area contributed by atoms with E-state index in [0.29, 0.717) is 5.92 Å². The number of hydrogen-bond acceptors (Lipinski definition) is 1. The van der Waals surface area contributed by atoms with Crippen LogP contribution >= 0.6 is 0 Å². The first-order valence-electron chi connectivity index (χ1n) is 5.69. The molecule has 0 atom stereocenters. The highest BCUT2D eigenvalue weighted by Gasteiger charge is 2.04. The second kappa shape index (κ2) is 4.48. The highest BCUT2D eigenvalue weighted by Crippen LogP contribution is 2.25. The van der Waals surface area contributed by atoms with Crippen molar-refractivity contribution >= 4 is 0 Å². The van der Waals surface area contributed by atoms with Gasteiger partial charge in [0, 0.05) is 18.0 Å². The summed E-state index contributed by atoms with van der Waals surface area (Å²) in [6, 6.07) is 10.8. The minimum atomic E-state index is 0.585. The number of rotatable bonds is 2. The Labute approximate surface area is 97.2 Å². The minimum absolute atomic E-state index is 0.585. The van der Waals surface area contributed by atoms with Crippen LogP contribution in [-0.2, 0) is 0 Å². The maximum Gasteiger partial charge on any atom is 0.0346 e. The third-order valence-electron chi connectivity index (χ3n) is 2.89. The van der Waals surface area contributed by atoms with Gasteiger partial charge < -0.3 is 0 Å². The van der Waals surface area contributed by atoms with E-state index >= 15 is 0 Å². The Kier molecular flexibility index (Phi) is 3.04. The molecule has 0 N–H and O–H groups in total. The van der Waals surface area contributed by atoms with Gasteiger partial charge in [0.25, 0.3) is 0 Å². The molecular formula is C15H17N. The van der Waals surface area contributed by atoms with Crippen molar-refractivity contribution < 1.29 is 0 Å². The Hall–Kier alpha value is -1.63. The molecule has 1 heteroatoms. The molecule has 82 valence electrons. The van der Waals surface area contributed by atoms with Crippen LogP contribution < -0.4 is 0 Å². The fourth-order valence-electron chi connectivity index (χ4n) is 1.89. The molecule has 0 unspecified atom stereocenters. The Balaban J connectivity index is 2.45. The molecule has 16 heavy (non-hydrogen) atoms. The van der Waals surface area contributed by atoms with Gasteiger partial charge in [-0.3, -0.25) is 4.98 Å². The topological polar surface area (TPSA) is 12.9 Å². The van der Waals surface area contributed by atoms with Crippen molar-refractivity contribution in [3.05, 3.63) is 53.9 Å². The predicted octanol–water partition coefficient (Wildman–Crippen LogP) is 4.18. The van der Waals surface area contributed by atoms with Crippen LogP contribution in [0.2, 0.25) is 0 Å². The first-order chi connectivity index (χ1) is 7.68. The monoisotopic (exact) mass is 211 g/mol. The third kappa shape index (κ3) is 2.13. The minimum Gasteiger partial charge on any atom is -0.264 e. The smallest absolute Gasteiger partial charge is 0.0346 e. The van der Waals surface area contributed by atoms with Gasteiger partial charge >= 0.3 is 0 Å². The molecule has 0 fully saturated rings. The average molecular weight is 211 g/mol. The molecule has 0 aliphatic rings. The van der Waals surface area contributed by atoms with Crippen LogP contribution in [0.3, 0.4) is 0 Å². The molecule has 0 bridgehead atoms. The van der Waals surface area contributed by atoms with E-state index in [4.69, 9.17) is 0 Å². The average Bonchev–Trinajstić information content (AvgIpc) is 2.30. The van der Waals surface area contributed by atoms with Crippen molar-refractivity contribution in [2.24, 2.45) is 0 Å². The normalized spacial score (nSPS) is 10.8. The molecule has 1 aromatic heterocycles. The van der Waals surface area contributed by atoms with Gasteiger partial charge in [0.05, 0.1) is 0 Å². The molecular weight excluding hydrogens is 194 g/mol. The van der Waals surface area contributed by atoms with Crippen molar-refractivity contribution in [1.29, 1.82) is 0 Å². The molecule has 1 aromatic carbocycles. The van der Waals surface area contributed by atoms with Gasteiger partial charge in [-0.2, -0.15) is 0 Å². The molecule has 0 saturated carbocycles. The summed E-state index contributed by atoms with van der Waals surface area (Å²) in [7, 11) is 0. The van der Waals surface area contributed by atoms with E-state index in [9.17, 15) is 0 Å². The number of nitrogens with zero attached hydrogens (tertiary/aromatic N) is 1. The summed E-state index contributed by atoms with van der Waals surface area (Å²) in [6.45, 7) is 6.60. The summed E-state index contributed by atoms with van der Waals surface area (Å²) < 4.78 is 0.